The molecule has 1 N–H and O–H groups in total. The van der Waals surface area contributed by atoms with Gasteiger partial charge in [0.25, 0.3) is 0 Å². The molecule has 0 aromatic rings. The van der Waals surface area contributed by atoms with Gasteiger partial charge in [-0.1, -0.05) is 33.3 Å². The van der Waals surface area contributed by atoms with Crippen molar-refractivity contribution in [3.8, 4) is 0 Å². The number of hydrogen-bond acceptors (Lipinski definition) is 2. The van der Waals surface area contributed by atoms with E-state index in [2.05, 4.69) is 33.5 Å². The quantitative estimate of drug-likeness (QED) is 0.569. The van der Waals surface area contributed by atoms with Crippen molar-refractivity contribution in [1.82, 2.24) is 0 Å². The summed E-state index contributed by atoms with van der Waals surface area (Å²) in [6, 6.07) is 0. The second-order valence-electron chi connectivity index (χ2n) is 5.57. The van der Waals surface area contributed by atoms with Crippen molar-refractivity contribution < 1.29 is 9.53 Å². The van der Waals surface area contributed by atoms with E-state index in [-0.39, 0.29) is 12.0 Å². The molecule has 0 aromatic carbocycles. The molecule has 0 aliphatic carbocycles. The lowest BCUT2D eigenvalue weighted by Gasteiger charge is -2.30. The molecule has 96 valence electrons. The molecule has 0 aliphatic heterocycles. The second-order valence-corrected chi connectivity index (χ2v) is 10.00. The Kier molecular flexibility index (Phi) is 6.34. The van der Waals surface area contributed by atoms with E-state index in [1.54, 1.807) is 0 Å². The minimum Gasteiger partial charge on any atom is -0.547 e. The van der Waals surface area contributed by atoms with Crippen LogP contribution >= 0.6 is 0 Å². The van der Waals surface area contributed by atoms with Crippen molar-refractivity contribution in [1.29, 1.82) is 0 Å². The highest BCUT2D eigenvalue weighted by molar-refractivity contribution is 6.70. The van der Waals surface area contributed by atoms with E-state index >= 15 is 0 Å². The number of aliphatic hydroxyl groups excluding tert-OH is 1. The maximum Gasteiger partial charge on any atom is 0.241 e. The van der Waals surface area contributed by atoms with Gasteiger partial charge in [-0.3, -0.25) is 0 Å². The van der Waals surface area contributed by atoms with E-state index < -0.39 is 8.32 Å². The molecule has 0 unspecified atom stereocenters. The summed E-state index contributed by atoms with van der Waals surface area (Å²) in [6.45, 7) is 14.7. The molecule has 3 heteroatoms. The minimum atomic E-state index is -1.57. The van der Waals surface area contributed by atoms with Crippen LogP contribution in [0.25, 0.3) is 0 Å². The lowest BCUT2D eigenvalue weighted by molar-refractivity contribution is 0.0621. The first-order chi connectivity index (χ1) is 7.22. The van der Waals surface area contributed by atoms with Gasteiger partial charge >= 0.3 is 0 Å². The van der Waals surface area contributed by atoms with Gasteiger partial charge in [-0.2, -0.15) is 0 Å². The summed E-state index contributed by atoms with van der Waals surface area (Å²) in [6.07, 6.45) is 2.68. The molecule has 2 nitrogen and oxygen atoms in total. The minimum absolute atomic E-state index is 0.0895. The van der Waals surface area contributed by atoms with E-state index in [9.17, 15) is 5.11 Å². The van der Waals surface area contributed by atoms with E-state index in [1.807, 2.05) is 19.9 Å². The molecule has 0 fully saturated rings. The predicted octanol–water partition coefficient (Wildman–Crippen LogP) is 3.78. The zero-order chi connectivity index (χ0) is 12.9. The van der Waals surface area contributed by atoms with Gasteiger partial charge in [0.1, 0.15) is 0 Å². The van der Waals surface area contributed by atoms with Crippen LogP contribution in [-0.4, -0.2) is 19.5 Å². The Morgan fingerprint density at radius 1 is 1.31 bits per heavy atom. The molecule has 0 aliphatic rings. The molecule has 0 heterocycles. The van der Waals surface area contributed by atoms with E-state index in [0.717, 1.165) is 12.2 Å². The maximum atomic E-state index is 10.2. The Bertz CT molecular complexity index is 231. The average Bonchev–Trinajstić information content (AvgIpc) is 2.21. The molecule has 0 rings (SSSR count). The van der Waals surface area contributed by atoms with Crippen molar-refractivity contribution >= 4 is 8.32 Å². The smallest absolute Gasteiger partial charge is 0.241 e. The van der Waals surface area contributed by atoms with Crippen LogP contribution in [0.2, 0.25) is 19.6 Å². The van der Waals surface area contributed by atoms with Crippen molar-refractivity contribution in [3.63, 3.8) is 0 Å². The average molecular weight is 244 g/mol. The Hall–Kier alpha value is -0.283. The molecule has 0 saturated heterocycles. The molecule has 0 bridgehead atoms. The van der Waals surface area contributed by atoms with Gasteiger partial charge in [-0.15, -0.1) is 0 Å². The second kappa shape index (κ2) is 6.45. The number of rotatable bonds is 6. The largest absolute Gasteiger partial charge is 0.547 e. The summed E-state index contributed by atoms with van der Waals surface area (Å²) >= 11 is 0. The van der Waals surface area contributed by atoms with E-state index in [0.29, 0.717) is 5.92 Å². The van der Waals surface area contributed by atoms with Crippen molar-refractivity contribution in [2.45, 2.75) is 59.9 Å². The van der Waals surface area contributed by atoms with Crippen molar-refractivity contribution in [3.05, 3.63) is 11.8 Å². The van der Waals surface area contributed by atoms with Crippen LogP contribution in [0.1, 0.15) is 34.1 Å². The first-order valence-electron chi connectivity index (χ1n) is 6.26. The SMILES string of the molecule is C/C=C(/O[Si](C)(C)C)[C@@H](C)[C@@H](O)[C@H](C)CC. The Morgan fingerprint density at radius 3 is 2.12 bits per heavy atom. The summed E-state index contributed by atoms with van der Waals surface area (Å²) < 4.78 is 6.00. The first-order valence-corrected chi connectivity index (χ1v) is 9.67. The van der Waals surface area contributed by atoms with Crippen LogP contribution in [-0.2, 0) is 4.43 Å². The Balaban J connectivity index is 4.61. The van der Waals surface area contributed by atoms with Gasteiger partial charge in [-0.05, 0) is 32.5 Å². The fraction of sp³-hybridized carbons (Fsp3) is 0.846. The highest BCUT2D eigenvalue weighted by Crippen LogP contribution is 2.25. The molecular weight excluding hydrogens is 216 g/mol. The predicted molar refractivity (Wildman–Crippen MR) is 72.8 cm³/mol. The van der Waals surface area contributed by atoms with Gasteiger partial charge < -0.3 is 9.53 Å². The number of allylic oxidation sites excluding steroid dienone is 1. The number of aliphatic hydroxyl groups is 1. The highest BCUT2D eigenvalue weighted by atomic mass is 28.4. The molecule has 0 saturated carbocycles. The molecule has 16 heavy (non-hydrogen) atoms. The monoisotopic (exact) mass is 244 g/mol. The molecule has 3 atom stereocenters. The lowest BCUT2D eigenvalue weighted by atomic mass is 9.90. The standard InChI is InChI=1S/C13H28O2Si/c1-8-10(3)13(14)11(4)12(9-2)15-16(5,6)7/h9-11,13-14H,8H2,1-7H3/b12-9+/t10-,11-,13+/m1/s1. The van der Waals surface area contributed by atoms with E-state index in [4.69, 9.17) is 4.43 Å². The zero-order valence-corrected chi connectivity index (χ0v) is 12.9. The van der Waals surface area contributed by atoms with Gasteiger partial charge in [0.2, 0.25) is 8.32 Å². The zero-order valence-electron chi connectivity index (χ0n) is 11.9. The van der Waals surface area contributed by atoms with Gasteiger partial charge in [0, 0.05) is 5.92 Å². The van der Waals surface area contributed by atoms with E-state index in [1.165, 1.54) is 0 Å². The third kappa shape index (κ3) is 5.17. The summed E-state index contributed by atoms with van der Waals surface area (Å²) in [5, 5.41) is 10.2. The summed E-state index contributed by atoms with van der Waals surface area (Å²) in [7, 11) is -1.57. The fourth-order valence-corrected chi connectivity index (χ4v) is 2.68. The normalized spacial score (nSPS) is 19.1. The van der Waals surface area contributed by atoms with Crippen LogP contribution in [0.3, 0.4) is 0 Å². The number of hydrogen-bond donors (Lipinski definition) is 1. The highest BCUT2D eigenvalue weighted by Gasteiger charge is 2.27. The third-order valence-corrected chi connectivity index (χ3v) is 3.74. The van der Waals surface area contributed by atoms with Gasteiger partial charge in [-0.25, -0.2) is 0 Å². The Morgan fingerprint density at radius 2 is 1.81 bits per heavy atom. The van der Waals surface area contributed by atoms with Crippen molar-refractivity contribution in [2.24, 2.45) is 11.8 Å². The third-order valence-electron chi connectivity index (χ3n) is 2.90. The van der Waals surface area contributed by atoms with Crippen LogP contribution in [0.15, 0.2) is 11.8 Å². The van der Waals surface area contributed by atoms with Gasteiger partial charge in [0.05, 0.1) is 11.9 Å². The molecular formula is C13H28O2Si. The van der Waals surface area contributed by atoms with Gasteiger partial charge in [0.15, 0.2) is 0 Å². The summed E-state index contributed by atoms with van der Waals surface area (Å²) in [5.74, 6) is 1.36. The summed E-state index contributed by atoms with van der Waals surface area (Å²) in [5.41, 5.74) is 0. The fourth-order valence-electron chi connectivity index (χ4n) is 1.67. The Labute approximate surface area is 102 Å². The van der Waals surface area contributed by atoms with Crippen molar-refractivity contribution in [2.75, 3.05) is 0 Å². The van der Waals surface area contributed by atoms with Crippen LogP contribution in [0.4, 0.5) is 0 Å². The van der Waals surface area contributed by atoms with Crippen LogP contribution in [0.5, 0.6) is 0 Å². The lowest BCUT2D eigenvalue weighted by Crippen LogP contribution is -2.32. The first kappa shape index (κ1) is 15.7. The van der Waals surface area contributed by atoms with Crippen LogP contribution < -0.4 is 0 Å². The summed E-state index contributed by atoms with van der Waals surface area (Å²) in [4.78, 5) is 0. The maximum absolute atomic E-state index is 10.2. The molecule has 0 aromatic heterocycles. The molecule has 0 amide bonds. The molecule has 0 radical (unpaired) electrons. The van der Waals surface area contributed by atoms with Crippen LogP contribution in [0, 0.1) is 11.8 Å². The topological polar surface area (TPSA) is 29.5 Å². The molecule has 0 spiro atoms.